The van der Waals surface area contributed by atoms with Gasteiger partial charge >= 0.3 is 0 Å². The molecule has 0 aliphatic heterocycles. The molecule has 0 unspecified atom stereocenters. The molecule has 90 valence electrons. The fourth-order valence-corrected chi connectivity index (χ4v) is 2.21. The van der Waals surface area contributed by atoms with Crippen LogP contribution in [0.4, 0.5) is 0 Å². The van der Waals surface area contributed by atoms with Crippen molar-refractivity contribution in [2.24, 2.45) is 5.73 Å². The van der Waals surface area contributed by atoms with Crippen molar-refractivity contribution < 1.29 is 4.79 Å². The second-order valence-electron chi connectivity index (χ2n) is 3.60. The topological polar surface area (TPSA) is 73.8 Å². The lowest BCUT2D eigenvalue weighted by atomic mass is 10.2. The largest absolute Gasteiger partial charge is 0.325 e. The summed E-state index contributed by atoms with van der Waals surface area (Å²) in [7, 11) is 0. The van der Waals surface area contributed by atoms with E-state index >= 15 is 0 Å². The van der Waals surface area contributed by atoms with Gasteiger partial charge in [0.25, 0.3) is 0 Å². The zero-order chi connectivity index (χ0) is 12.3. The summed E-state index contributed by atoms with van der Waals surface area (Å²) in [6.45, 7) is 3.15. The van der Waals surface area contributed by atoms with Crippen LogP contribution in [0.2, 0.25) is 0 Å². The van der Waals surface area contributed by atoms with E-state index in [0.717, 1.165) is 18.0 Å². The van der Waals surface area contributed by atoms with Gasteiger partial charge in [-0.15, -0.1) is 11.3 Å². The molecule has 0 spiro atoms. The van der Waals surface area contributed by atoms with Crippen molar-refractivity contribution in [1.82, 2.24) is 14.8 Å². The van der Waals surface area contributed by atoms with Crippen molar-refractivity contribution in [2.75, 3.05) is 0 Å². The first kappa shape index (κ1) is 11.9. The Kier molecular flexibility index (Phi) is 3.65. The number of hydrogen-bond acceptors (Lipinski definition) is 5. The van der Waals surface area contributed by atoms with Crippen LogP contribution in [0.25, 0.3) is 0 Å². The van der Waals surface area contributed by atoms with Gasteiger partial charge in [0.1, 0.15) is 16.4 Å². The van der Waals surface area contributed by atoms with Gasteiger partial charge in [-0.05, 0) is 12.5 Å². The van der Waals surface area contributed by atoms with Crippen LogP contribution in [0.5, 0.6) is 0 Å². The summed E-state index contributed by atoms with van der Waals surface area (Å²) in [6.07, 6.45) is 2.58. The molecule has 0 radical (unpaired) electrons. The van der Waals surface area contributed by atoms with E-state index in [4.69, 9.17) is 5.73 Å². The van der Waals surface area contributed by atoms with Gasteiger partial charge in [0.15, 0.2) is 0 Å². The van der Waals surface area contributed by atoms with Gasteiger partial charge in [0.05, 0.1) is 0 Å². The van der Waals surface area contributed by atoms with Gasteiger partial charge in [0.2, 0.25) is 5.78 Å². The Labute approximate surface area is 103 Å². The van der Waals surface area contributed by atoms with Crippen molar-refractivity contribution in [3.05, 3.63) is 34.0 Å². The molecule has 2 heterocycles. The highest BCUT2D eigenvalue weighted by Crippen LogP contribution is 2.13. The molecule has 6 heteroatoms. The van der Waals surface area contributed by atoms with Gasteiger partial charge in [0, 0.05) is 24.7 Å². The highest BCUT2D eigenvalue weighted by molar-refractivity contribution is 7.09. The Balaban J connectivity index is 2.27. The minimum atomic E-state index is -0.0908. The smallest absolute Gasteiger partial charge is 0.230 e. The van der Waals surface area contributed by atoms with Crippen molar-refractivity contribution in [3.63, 3.8) is 0 Å². The average molecular weight is 250 g/mol. The van der Waals surface area contributed by atoms with Gasteiger partial charge in [-0.2, -0.15) is 5.10 Å². The summed E-state index contributed by atoms with van der Waals surface area (Å²) in [4.78, 5) is 16.4. The Morgan fingerprint density at radius 2 is 2.41 bits per heavy atom. The molecule has 0 aromatic carbocycles. The van der Waals surface area contributed by atoms with E-state index < -0.39 is 0 Å². The first-order valence-corrected chi connectivity index (χ1v) is 6.35. The molecule has 2 rings (SSSR count). The molecule has 2 aromatic rings. The third-order valence-electron chi connectivity index (χ3n) is 2.34. The van der Waals surface area contributed by atoms with Crippen LogP contribution in [0.1, 0.15) is 34.5 Å². The monoisotopic (exact) mass is 250 g/mol. The summed E-state index contributed by atoms with van der Waals surface area (Å²) in [5.41, 5.74) is 6.51. The fraction of sp³-hybridized carbons (Fsp3) is 0.364. The van der Waals surface area contributed by atoms with Crippen molar-refractivity contribution in [3.8, 4) is 0 Å². The van der Waals surface area contributed by atoms with Crippen LogP contribution in [-0.2, 0) is 13.1 Å². The summed E-state index contributed by atoms with van der Waals surface area (Å²) in [6, 6.07) is 1.72. The van der Waals surface area contributed by atoms with E-state index in [0.29, 0.717) is 17.9 Å². The first-order chi connectivity index (χ1) is 8.26. The number of aromatic nitrogens is 3. The van der Waals surface area contributed by atoms with Crippen molar-refractivity contribution in [2.45, 2.75) is 26.4 Å². The van der Waals surface area contributed by atoms with E-state index in [-0.39, 0.29) is 5.78 Å². The van der Waals surface area contributed by atoms with Crippen LogP contribution >= 0.6 is 11.3 Å². The Morgan fingerprint density at radius 1 is 1.59 bits per heavy atom. The molecule has 2 aromatic heterocycles. The van der Waals surface area contributed by atoms with Crippen LogP contribution in [0, 0.1) is 0 Å². The number of nitrogens with zero attached hydrogens (tertiary/aromatic N) is 3. The predicted octanol–water partition coefficient (Wildman–Crippen LogP) is 1.44. The third-order valence-corrected chi connectivity index (χ3v) is 3.21. The molecule has 5 nitrogen and oxygen atoms in total. The van der Waals surface area contributed by atoms with Crippen LogP contribution in [-0.4, -0.2) is 20.5 Å². The van der Waals surface area contributed by atoms with Gasteiger partial charge in [-0.25, -0.2) is 4.98 Å². The molecule has 0 aliphatic carbocycles. The molecule has 17 heavy (non-hydrogen) atoms. The lowest BCUT2D eigenvalue weighted by molar-refractivity contribution is 0.102. The zero-order valence-electron chi connectivity index (χ0n) is 9.59. The predicted molar refractivity (Wildman–Crippen MR) is 66.0 cm³/mol. The molecule has 0 saturated carbocycles. The maximum absolute atomic E-state index is 12.2. The SMILES string of the molecule is CCCn1nccc1C(=O)c1csc(CN)n1. The Bertz CT molecular complexity index is 517. The summed E-state index contributed by atoms with van der Waals surface area (Å²) < 4.78 is 1.71. The van der Waals surface area contributed by atoms with Gasteiger partial charge in [-0.3, -0.25) is 9.48 Å². The lowest BCUT2D eigenvalue weighted by Crippen LogP contribution is -2.12. The maximum Gasteiger partial charge on any atom is 0.230 e. The summed E-state index contributed by atoms with van der Waals surface area (Å²) >= 11 is 1.41. The minimum Gasteiger partial charge on any atom is -0.325 e. The van der Waals surface area contributed by atoms with E-state index in [1.807, 2.05) is 6.92 Å². The standard InChI is InChI=1S/C11H14N4OS/c1-2-5-15-9(3-4-13-15)11(16)8-7-17-10(6-12)14-8/h3-4,7H,2,5-6,12H2,1H3. The molecule has 0 saturated heterocycles. The van der Waals surface area contributed by atoms with E-state index in [9.17, 15) is 4.79 Å². The number of nitrogens with two attached hydrogens (primary N) is 1. The minimum absolute atomic E-state index is 0.0908. The van der Waals surface area contributed by atoms with Gasteiger partial charge < -0.3 is 5.73 Å². The summed E-state index contributed by atoms with van der Waals surface area (Å²) in [5, 5.41) is 6.64. The van der Waals surface area contributed by atoms with E-state index in [1.165, 1.54) is 11.3 Å². The normalized spacial score (nSPS) is 10.7. The number of ketones is 1. The first-order valence-electron chi connectivity index (χ1n) is 5.47. The molecule has 0 atom stereocenters. The number of aryl methyl sites for hydroxylation is 1. The quantitative estimate of drug-likeness (QED) is 0.815. The second-order valence-corrected chi connectivity index (χ2v) is 4.54. The molecule has 2 N–H and O–H groups in total. The summed E-state index contributed by atoms with van der Waals surface area (Å²) in [5.74, 6) is -0.0908. The maximum atomic E-state index is 12.2. The van der Waals surface area contributed by atoms with Crippen LogP contribution in [0.3, 0.4) is 0 Å². The highest BCUT2D eigenvalue weighted by Gasteiger charge is 2.16. The van der Waals surface area contributed by atoms with Crippen LogP contribution < -0.4 is 5.73 Å². The molecular formula is C11H14N4OS. The van der Waals surface area contributed by atoms with E-state index in [1.54, 1.807) is 22.3 Å². The number of hydrogen-bond donors (Lipinski definition) is 1. The van der Waals surface area contributed by atoms with E-state index in [2.05, 4.69) is 10.1 Å². The van der Waals surface area contributed by atoms with Crippen molar-refractivity contribution >= 4 is 17.1 Å². The average Bonchev–Trinajstić information content (AvgIpc) is 2.97. The third kappa shape index (κ3) is 2.42. The lowest BCUT2D eigenvalue weighted by Gasteiger charge is -2.03. The highest BCUT2D eigenvalue weighted by atomic mass is 32.1. The number of rotatable bonds is 5. The molecule has 0 aliphatic rings. The Hall–Kier alpha value is -1.53. The molecule has 0 bridgehead atoms. The second kappa shape index (κ2) is 5.20. The zero-order valence-corrected chi connectivity index (χ0v) is 10.4. The van der Waals surface area contributed by atoms with Crippen molar-refractivity contribution in [1.29, 1.82) is 0 Å². The van der Waals surface area contributed by atoms with Crippen LogP contribution in [0.15, 0.2) is 17.6 Å². The number of carbonyl (C=O) groups is 1. The van der Waals surface area contributed by atoms with Gasteiger partial charge in [-0.1, -0.05) is 6.92 Å². The fourth-order valence-electron chi connectivity index (χ4n) is 1.56. The Morgan fingerprint density at radius 3 is 3.06 bits per heavy atom. The molecule has 0 fully saturated rings. The number of thiazole rings is 1. The number of carbonyl (C=O) groups excluding carboxylic acids is 1. The molecule has 0 amide bonds. The molecular weight excluding hydrogens is 236 g/mol.